The van der Waals surface area contributed by atoms with E-state index in [1.807, 2.05) is 30.3 Å². The Kier molecular flexibility index (Phi) is 8.25. The quantitative estimate of drug-likeness (QED) is 0.457. The third-order valence-corrected chi connectivity index (χ3v) is 6.76. The van der Waals surface area contributed by atoms with Gasteiger partial charge in [-0.15, -0.1) is 0 Å². The summed E-state index contributed by atoms with van der Waals surface area (Å²) in [5.74, 6) is -0.260. The highest BCUT2D eigenvalue weighted by molar-refractivity contribution is 7.89. The van der Waals surface area contributed by atoms with E-state index in [0.29, 0.717) is 11.3 Å². The first-order valence-corrected chi connectivity index (χ1v) is 12.1. The Morgan fingerprint density at radius 3 is 2.21 bits per heavy atom. The minimum atomic E-state index is -4.08. The van der Waals surface area contributed by atoms with Gasteiger partial charge in [0.15, 0.2) is 11.5 Å². The number of carbonyl (C=O) groups is 1. The van der Waals surface area contributed by atoms with Crippen LogP contribution in [-0.2, 0) is 21.2 Å². The standard InChI is InChI=1S/C25H27FN2O5S/c1-17(19-9-11-20(26)12-10-19)27-25(29)22(15-18-7-5-4-6-8-18)28-34(30,31)21-13-14-23(32-2)24(16-21)33-3/h4-14,16-17,22,28H,15H2,1-3H3,(H,27,29)/t17-,22-/m1/s1. The van der Waals surface area contributed by atoms with Crippen LogP contribution in [0.3, 0.4) is 0 Å². The lowest BCUT2D eigenvalue weighted by Gasteiger charge is -2.22. The van der Waals surface area contributed by atoms with Gasteiger partial charge in [0.25, 0.3) is 0 Å². The second kappa shape index (κ2) is 11.1. The molecule has 2 N–H and O–H groups in total. The molecule has 0 radical (unpaired) electrons. The minimum absolute atomic E-state index is 0.0670. The molecule has 9 heteroatoms. The summed E-state index contributed by atoms with van der Waals surface area (Å²) < 4.78 is 52.5. The Morgan fingerprint density at radius 1 is 0.941 bits per heavy atom. The summed E-state index contributed by atoms with van der Waals surface area (Å²) >= 11 is 0. The van der Waals surface area contributed by atoms with Crippen molar-refractivity contribution in [1.29, 1.82) is 0 Å². The van der Waals surface area contributed by atoms with Crippen LogP contribution in [0.4, 0.5) is 4.39 Å². The number of sulfonamides is 1. The van der Waals surface area contributed by atoms with E-state index in [0.717, 1.165) is 5.56 Å². The van der Waals surface area contributed by atoms with Crippen LogP contribution in [0.5, 0.6) is 11.5 Å². The van der Waals surface area contributed by atoms with Crippen molar-refractivity contribution in [3.8, 4) is 11.5 Å². The van der Waals surface area contributed by atoms with E-state index in [2.05, 4.69) is 10.0 Å². The predicted octanol–water partition coefficient (Wildman–Crippen LogP) is 3.61. The van der Waals surface area contributed by atoms with Crippen LogP contribution in [0.2, 0.25) is 0 Å². The van der Waals surface area contributed by atoms with Gasteiger partial charge in [0, 0.05) is 6.07 Å². The van der Waals surface area contributed by atoms with Crippen molar-refractivity contribution in [2.45, 2.75) is 30.3 Å². The van der Waals surface area contributed by atoms with Crippen molar-refractivity contribution in [1.82, 2.24) is 10.0 Å². The molecular formula is C25H27FN2O5S. The van der Waals surface area contributed by atoms with Crippen molar-refractivity contribution in [3.63, 3.8) is 0 Å². The Bertz CT molecular complexity index is 1220. The van der Waals surface area contributed by atoms with Crippen molar-refractivity contribution in [2.75, 3.05) is 14.2 Å². The molecule has 180 valence electrons. The third-order valence-electron chi connectivity index (χ3n) is 5.29. The van der Waals surface area contributed by atoms with Gasteiger partial charge in [-0.05, 0) is 48.7 Å². The van der Waals surface area contributed by atoms with Crippen LogP contribution in [0.15, 0.2) is 77.7 Å². The van der Waals surface area contributed by atoms with Crippen LogP contribution in [0.25, 0.3) is 0 Å². The number of hydrogen-bond donors (Lipinski definition) is 2. The molecular weight excluding hydrogens is 459 g/mol. The first-order valence-electron chi connectivity index (χ1n) is 10.6. The zero-order valence-corrected chi connectivity index (χ0v) is 19.9. The molecule has 3 rings (SSSR count). The van der Waals surface area contributed by atoms with Crippen LogP contribution < -0.4 is 19.5 Å². The van der Waals surface area contributed by atoms with Gasteiger partial charge in [-0.2, -0.15) is 4.72 Å². The molecule has 3 aromatic carbocycles. The van der Waals surface area contributed by atoms with Gasteiger partial charge in [0.1, 0.15) is 11.9 Å². The van der Waals surface area contributed by atoms with Crippen LogP contribution in [0, 0.1) is 5.82 Å². The molecule has 0 aromatic heterocycles. The highest BCUT2D eigenvalue weighted by Crippen LogP contribution is 2.29. The number of carbonyl (C=O) groups excluding carboxylic acids is 1. The molecule has 0 aliphatic carbocycles. The Hall–Kier alpha value is -3.43. The van der Waals surface area contributed by atoms with Crippen molar-refractivity contribution < 1.29 is 27.1 Å². The lowest BCUT2D eigenvalue weighted by molar-refractivity contribution is -0.123. The second-order valence-corrected chi connectivity index (χ2v) is 9.38. The fraction of sp³-hybridized carbons (Fsp3) is 0.240. The summed E-state index contributed by atoms with van der Waals surface area (Å²) in [5.41, 5.74) is 1.48. The molecule has 0 spiro atoms. The van der Waals surface area contributed by atoms with E-state index in [1.54, 1.807) is 19.1 Å². The molecule has 0 aliphatic heterocycles. The van der Waals surface area contributed by atoms with Crippen molar-refractivity contribution in [2.24, 2.45) is 0 Å². The molecule has 0 saturated carbocycles. The minimum Gasteiger partial charge on any atom is -0.493 e. The summed E-state index contributed by atoms with van der Waals surface area (Å²) in [5, 5.41) is 2.82. The van der Waals surface area contributed by atoms with E-state index in [-0.39, 0.29) is 22.9 Å². The number of halogens is 1. The summed E-state index contributed by atoms with van der Waals surface area (Å²) in [6, 6.07) is 17.5. The third kappa shape index (κ3) is 6.33. The maximum absolute atomic E-state index is 13.3. The molecule has 0 saturated heterocycles. The van der Waals surface area contributed by atoms with Gasteiger partial charge in [0.2, 0.25) is 15.9 Å². The van der Waals surface area contributed by atoms with E-state index in [4.69, 9.17) is 9.47 Å². The number of rotatable bonds is 10. The normalized spacial score (nSPS) is 13.1. The molecule has 0 heterocycles. The zero-order valence-electron chi connectivity index (χ0n) is 19.1. The molecule has 3 aromatic rings. The SMILES string of the molecule is COc1ccc(S(=O)(=O)N[C@H](Cc2ccccc2)C(=O)N[C@H](C)c2ccc(F)cc2)cc1OC. The van der Waals surface area contributed by atoms with Gasteiger partial charge in [-0.3, -0.25) is 4.79 Å². The fourth-order valence-corrected chi connectivity index (χ4v) is 4.64. The average molecular weight is 487 g/mol. The molecule has 7 nitrogen and oxygen atoms in total. The maximum Gasteiger partial charge on any atom is 0.241 e. The number of amides is 1. The second-order valence-electron chi connectivity index (χ2n) is 7.66. The molecule has 0 unspecified atom stereocenters. The van der Waals surface area contributed by atoms with Crippen LogP contribution in [0.1, 0.15) is 24.1 Å². The first kappa shape index (κ1) is 25.2. The van der Waals surface area contributed by atoms with Crippen molar-refractivity contribution >= 4 is 15.9 Å². The molecule has 2 atom stereocenters. The summed E-state index contributed by atoms with van der Waals surface area (Å²) in [6.07, 6.45) is 0.134. The number of methoxy groups -OCH3 is 2. The topological polar surface area (TPSA) is 93.7 Å². The van der Waals surface area contributed by atoms with E-state index >= 15 is 0 Å². The van der Waals surface area contributed by atoms with Gasteiger partial charge in [-0.1, -0.05) is 42.5 Å². The van der Waals surface area contributed by atoms with Gasteiger partial charge < -0.3 is 14.8 Å². The largest absolute Gasteiger partial charge is 0.493 e. The Morgan fingerprint density at radius 2 is 1.59 bits per heavy atom. The highest BCUT2D eigenvalue weighted by atomic mass is 32.2. The highest BCUT2D eigenvalue weighted by Gasteiger charge is 2.28. The van der Waals surface area contributed by atoms with Gasteiger partial charge >= 0.3 is 0 Å². The molecule has 1 amide bonds. The Labute approximate surface area is 199 Å². The van der Waals surface area contributed by atoms with E-state index in [9.17, 15) is 17.6 Å². The van der Waals surface area contributed by atoms with Crippen molar-refractivity contribution in [3.05, 3.63) is 89.7 Å². The fourth-order valence-electron chi connectivity index (χ4n) is 3.43. The van der Waals surface area contributed by atoms with Crippen LogP contribution in [-0.4, -0.2) is 34.6 Å². The van der Waals surface area contributed by atoms with Gasteiger partial charge in [-0.25, -0.2) is 12.8 Å². The molecule has 0 aliphatic rings. The first-order chi connectivity index (χ1) is 16.2. The lowest BCUT2D eigenvalue weighted by Crippen LogP contribution is -2.48. The molecule has 34 heavy (non-hydrogen) atoms. The van der Waals surface area contributed by atoms with E-state index < -0.39 is 28.0 Å². The average Bonchev–Trinajstić information content (AvgIpc) is 2.84. The smallest absolute Gasteiger partial charge is 0.241 e. The van der Waals surface area contributed by atoms with Gasteiger partial charge in [0.05, 0.1) is 25.2 Å². The molecule has 0 fully saturated rings. The maximum atomic E-state index is 13.3. The lowest BCUT2D eigenvalue weighted by atomic mass is 10.0. The number of hydrogen-bond acceptors (Lipinski definition) is 5. The number of ether oxygens (including phenoxy) is 2. The van der Waals surface area contributed by atoms with Crippen LogP contribution >= 0.6 is 0 Å². The number of benzene rings is 3. The Balaban J connectivity index is 1.86. The monoisotopic (exact) mass is 486 g/mol. The predicted molar refractivity (Wildman–Crippen MR) is 127 cm³/mol. The number of nitrogens with one attached hydrogen (secondary N) is 2. The molecule has 0 bridgehead atoms. The summed E-state index contributed by atoms with van der Waals surface area (Å²) in [4.78, 5) is 13.1. The summed E-state index contributed by atoms with van der Waals surface area (Å²) in [6.45, 7) is 1.74. The zero-order chi connectivity index (χ0) is 24.7. The van der Waals surface area contributed by atoms with E-state index in [1.165, 1.54) is 44.6 Å². The summed E-state index contributed by atoms with van der Waals surface area (Å²) in [7, 11) is -1.23.